The molecule has 0 spiro atoms. The molecule has 0 saturated heterocycles. The Morgan fingerprint density at radius 3 is 2.90 bits per heavy atom. The Kier molecular flexibility index (Phi) is 2.52. The Hall–Kier alpha value is -2.29. The lowest BCUT2D eigenvalue weighted by molar-refractivity contribution is 0.0989. The van der Waals surface area contributed by atoms with Gasteiger partial charge in [-0.05, 0) is 48.2 Å². The summed E-state index contributed by atoms with van der Waals surface area (Å²) in [6.07, 6.45) is 1.96. The second-order valence-corrected chi connectivity index (χ2v) is 5.38. The summed E-state index contributed by atoms with van der Waals surface area (Å²) in [5.41, 5.74) is 5.55. The molecule has 0 radical (unpaired) electrons. The smallest absolute Gasteiger partial charge is 0.258 e. The molecule has 3 nitrogen and oxygen atoms in total. The third kappa shape index (κ3) is 1.70. The van der Waals surface area contributed by atoms with Crippen LogP contribution in [0.25, 0.3) is 0 Å². The monoisotopic (exact) mass is 264 g/mol. The average molecular weight is 264 g/mol. The maximum Gasteiger partial charge on any atom is 0.258 e. The number of anilines is 2. The maximum absolute atomic E-state index is 12.7. The largest absolute Gasteiger partial charge is 0.384 e. The van der Waals surface area contributed by atoms with Crippen molar-refractivity contribution in [3.05, 3.63) is 59.2 Å². The van der Waals surface area contributed by atoms with Crippen LogP contribution in [0, 0.1) is 0 Å². The summed E-state index contributed by atoms with van der Waals surface area (Å²) in [6, 6.07) is 14.2. The Morgan fingerprint density at radius 2 is 1.95 bits per heavy atom. The van der Waals surface area contributed by atoms with Gasteiger partial charge < -0.3 is 10.2 Å². The fourth-order valence-electron chi connectivity index (χ4n) is 3.14. The lowest BCUT2D eigenvalue weighted by atomic mass is 10.1. The molecule has 2 aromatic rings. The highest BCUT2D eigenvalue weighted by atomic mass is 16.2. The van der Waals surface area contributed by atoms with Crippen molar-refractivity contribution in [3.8, 4) is 0 Å². The van der Waals surface area contributed by atoms with Crippen LogP contribution < -0.4 is 10.2 Å². The van der Waals surface area contributed by atoms with Crippen molar-refractivity contribution in [1.82, 2.24) is 0 Å². The minimum absolute atomic E-state index is 0.115. The second-order valence-electron chi connectivity index (χ2n) is 5.38. The zero-order valence-electron chi connectivity index (χ0n) is 11.2. The zero-order chi connectivity index (χ0) is 13.5. The van der Waals surface area contributed by atoms with Crippen LogP contribution in [0.15, 0.2) is 42.5 Å². The summed E-state index contributed by atoms with van der Waals surface area (Å²) in [4.78, 5) is 14.6. The van der Waals surface area contributed by atoms with Crippen LogP contribution in [0.2, 0.25) is 0 Å². The van der Waals surface area contributed by atoms with E-state index in [2.05, 4.69) is 11.4 Å². The first-order valence-corrected chi connectivity index (χ1v) is 7.09. The Balaban J connectivity index is 1.68. The van der Waals surface area contributed by atoms with Gasteiger partial charge in [0.1, 0.15) is 0 Å². The Labute approximate surface area is 118 Å². The van der Waals surface area contributed by atoms with Crippen LogP contribution in [-0.4, -0.2) is 19.0 Å². The lowest BCUT2D eigenvalue weighted by Gasteiger charge is -2.17. The summed E-state index contributed by atoms with van der Waals surface area (Å²) in [7, 11) is 0. The number of fused-ring (bicyclic) bond motifs is 2. The molecule has 0 aliphatic carbocycles. The molecule has 2 aliphatic rings. The van der Waals surface area contributed by atoms with E-state index in [1.807, 2.05) is 41.3 Å². The van der Waals surface area contributed by atoms with Gasteiger partial charge in [-0.15, -0.1) is 0 Å². The van der Waals surface area contributed by atoms with Crippen LogP contribution in [0.5, 0.6) is 0 Å². The average Bonchev–Trinajstić information content (AvgIpc) is 3.12. The van der Waals surface area contributed by atoms with Gasteiger partial charge in [-0.1, -0.05) is 18.2 Å². The van der Waals surface area contributed by atoms with Gasteiger partial charge in [-0.25, -0.2) is 0 Å². The molecule has 2 heterocycles. The molecule has 0 fully saturated rings. The molecule has 3 heteroatoms. The highest BCUT2D eigenvalue weighted by Crippen LogP contribution is 2.30. The SMILES string of the molecule is O=C(c1ccc2c(c1)CCN2)N1CCc2ccccc21. The number of nitrogens with one attached hydrogen (secondary N) is 1. The van der Waals surface area contributed by atoms with E-state index in [-0.39, 0.29) is 5.91 Å². The summed E-state index contributed by atoms with van der Waals surface area (Å²) in [6.45, 7) is 1.76. The molecule has 100 valence electrons. The molecule has 0 bridgehead atoms. The number of carbonyl (C=O) groups excluding carboxylic acids is 1. The molecule has 1 N–H and O–H groups in total. The standard InChI is InChI=1S/C17H16N2O/c20-17(14-5-6-15-13(11-14)7-9-18-15)19-10-8-12-3-1-2-4-16(12)19/h1-6,11,18H,7-10H2. The van der Waals surface area contributed by atoms with Crippen LogP contribution in [-0.2, 0) is 12.8 Å². The minimum atomic E-state index is 0.115. The van der Waals surface area contributed by atoms with Gasteiger partial charge in [0.05, 0.1) is 0 Å². The highest BCUT2D eigenvalue weighted by molar-refractivity contribution is 6.07. The number of hydrogen-bond acceptors (Lipinski definition) is 2. The van der Waals surface area contributed by atoms with Crippen LogP contribution >= 0.6 is 0 Å². The molecule has 2 aliphatic heterocycles. The molecule has 20 heavy (non-hydrogen) atoms. The van der Waals surface area contributed by atoms with Crippen molar-refractivity contribution in [2.75, 3.05) is 23.3 Å². The number of benzene rings is 2. The Bertz CT molecular complexity index is 693. The van der Waals surface area contributed by atoms with Gasteiger partial charge in [-0.2, -0.15) is 0 Å². The molecule has 1 amide bonds. The first-order chi connectivity index (χ1) is 9.83. The van der Waals surface area contributed by atoms with Crippen molar-refractivity contribution < 1.29 is 4.79 Å². The minimum Gasteiger partial charge on any atom is -0.384 e. The molecule has 0 saturated carbocycles. The molecular formula is C17H16N2O. The summed E-state index contributed by atoms with van der Waals surface area (Å²) in [5, 5.41) is 3.33. The predicted octanol–water partition coefficient (Wildman–Crippen LogP) is 2.86. The van der Waals surface area contributed by atoms with Crippen LogP contribution in [0.4, 0.5) is 11.4 Å². The normalized spacial score (nSPS) is 15.7. The van der Waals surface area contributed by atoms with E-state index in [1.54, 1.807) is 0 Å². The molecule has 2 aromatic carbocycles. The predicted molar refractivity (Wildman–Crippen MR) is 80.5 cm³/mol. The zero-order valence-corrected chi connectivity index (χ0v) is 11.2. The van der Waals surface area contributed by atoms with E-state index in [1.165, 1.54) is 16.8 Å². The molecule has 0 aromatic heterocycles. The van der Waals surface area contributed by atoms with Crippen LogP contribution in [0.1, 0.15) is 21.5 Å². The maximum atomic E-state index is 12.7. The number of rotatable bonds is 1. The first-order valence-electron chi connectivity index (χ1n) is 7.09. The molecule has 0 atom stereocenters. The van der Waals surface area contributed by atoms with Gasteiger partial charge in [0, 0.05) is 30.0 Å². The number of para-hydroxylation sites is 1. The quantitative estimate of drug-likeness (QED) is 0.859. The van der Waals surface area contributed by atoms with Gasteiger partial charge in [0.25, 0.3) is 5.91 Å². The first kappa shape index (κ1) is 11.5. The third-order valence-electron chi connectivity index (χ3n) is 4.19. The van der Waals surface area contributed by atoms with Crippen molar-refractivity contribution in [2.24, 2.45) is 0 Å². The van der Waals surface area contributed by atoms with Crippen molar-refractivity contribution in [2.45, 2.75) is 12.8 Å². The van der Waals surface area contributed by atoms with E-state index in [0.29, 0.717) is 0 Å². The van der Waals surface area contributed by atoms with Gasteiger partial charge in [0.15, 0.2) is 0 Å². The lowest BCUT2D eigenvalue weighted by Crippen LogP contribution is -2.28. The molecule has 0 unspecified atom stereocenters. The number of carbonyl (C=O) groups is 1. The highest BCUT2D eigenvalue weighted by Gasteiger charge is 2.25. The van der Waals surface area contributed by atoms with Gasteiger partial charge in [0.2, 0.25) is 0 Å². The summed E-state index contributed by atoms with van der Waals surface area (Å²) >= 11 is 0. The van der Waals surface area contributed by atoms with Gasteiger partial charge >= 0.3 is 0 Å². The van der Waals surface area contributed by atoms with Crippen molar-refractivity contribution in [3.63, 3.8) is 0 Å². The van der Waals surface area contributed by atoms with Crippen LogP contribution in [0.3, 0.4) is 0 Å². The summed E-state index contributed by atoms with van der Waals surface area (Å²) in [5.74, 6) is 0.115. The molecule has 4 rings (SSSR count). The number of nitrogens with zero attached hydrogens (tertiary/aromatic N) is 1. The Morgan fingerprint density at radius 1 is 1.05 bits per heavy atom. The van der Waals surface area contributed by atoms with E-state index in [9.17, 15) is 4.79 Å². The fourth-order valence-corrected chi connectivity index (χ4v) is 3.14. The number of amides is 1. The van der Waals surface area contributed by atoms with E-state index < -0.39 is 0 Å². The van der Waals surface area contributed by atoms with Gasteiger partial charge in [-0.3, -0.25) is 4.79 Å². The fraction of sp³-hybridized carbons (Fsp3) is 0.235. The number of hydrogen-bond donors (Lipinski definition) is 1. The van der Waals surface area contributed by atoms with E-state index in [4.69, 9.17) is 0 Å². The summed E-state index contributed by atoms with van der Waals surface area (Å²) < 4.78 is 0. The van der Waals surface area contributed by atoms with E-state index in [0.717, 1.165) is 37.2 Å². The van der Waals surface area contributed by atoms with Crippen molar-refractivity contribution in [1.29, 1.82) is 0 Å². The van der Waals surface area contributed by atoms with E-state index >= 15 is 0 Å². The third-order valence-corrected chi connectivity index (χ3v) is 4.19. The van der Waals surface area contributed by atoms with Crippen molar-refractivity contribution >= 4 is 17.3 Å². The molecular weight excluding hydrogens is 248 g/mol. The topological polar surface area (TPSA) is 32.3 Å². The second kappa shape index (κ2) is 4.37.